The molecule has 1 N–H and O–H groups in total. The van der Waals surface area contributed by atoms with Gasteiger partial charge in [-0.25, -0.2) is 22.7 Å². The van der Waals surface area contributed by atoms with Crippen LogP contribution in [-0.4, -0.2) is 47.0 Å². The zero-order valence-electron chi connectivity index (χ0n) is 15.0. The summed E-state index contributed by atoms with van der Waals surface area (Å²) < 4.78 is 32.4. The first-order chi connectivity index (χ1) is 13.0. The molecular weight excluding hydrogens is 366 g/mol. The number of hydrogen-bond acceptors (Lipinski definition) is 7. The minimum absolute atomic E-state index is 0.146. The van der Waals surface area contributed by atoms with E-state index in [-0.39, 0.29) is 11.8 Å². The molecule has 3 heterocycles. The van der Waals surface area contributed by atoms with Crippen molar-refractivity contribution in [2.45, 2.75) is 31.6 Å². The van der Waals surface area contributed by atoms with Gasteiger partial charge in [0.15, 0.2) is 5.58 Å². The maximum atomic E-state index is 12.8. The molecule has 0 saturated carbocycles. The van der Waals surface area contributed by atoms with Gasteiger partial charge in [0.05, 0.1) is 0 Å². The highest BCUT2D eigenvalue weighted by Gasteiger charge is 2.29. The van der Waals surface area contributed by atoms with Crippen LogP contribution in [-0.2, 0) is 15.8 Å². The maximum absolute atomic E-state index is 12.8. The van der Waals surface area contributed by atoms with Crippen molar-refractivity contribution in [3.05, 3.63) is 48.0 Å². The lowest BCUT2D eigenvalue weighted by molar-refractivity contribution is 0.328. The third kappa shape index (κ3) is 3.93. The average molecular weight is 387 g/mol. The Balaban J connectivity index is 1.39. The van der Waals surface area contributed by atoms with Gasteiger partial charge >= 0.3 is 0 Å². The fraction of sp³-hybridized carbons (Fsp3) is 0.389. The van der Waals surface area contributed by atoms with Crippen molar-refractivity contribution in [2.24, 2.45) is 0 Å². The fourth-order valence-corrected chi connectivity index (χ4v) is 4.83. The molecular formula is C18H21N5O3S. The lowest BCUT2D eigenvalue weighted by atomic mass is 10.1. The number of fused-ring (bicyclic) bond motifs is 1. The Morgan fingerprint density at radius 1 is 1.22 bits per heavy atom. The Bertz CT molecular complexity index is 1040. The molecule has 0 aliphatic carbocycles. The van der Waals surface area contributed by atoms with Gasteiger partial charge in [0.1, 0.15) is 23.6 Å². The average Bonchev–Trinajstić information content (AvgIpc) is 3.05. The van der Waals surface area contributed by atoms with E-state index in [0.29, 0.717) is 24.4 Å². The molecule has 0 atom stereocenters. The molecule has 0 bridgehead atoms. The van der Waals surface area contributed by atoms with Gasteiger partial charge in [-0.3, -0.25) is 0 Å². The monoisotopic (exact) mass is 387 g/mol. The number of anilines is 1. The van der Waals surface area contributed by atoms with Crippen LogP contribution in [0.15, 0.2) is 41.2 Å². The number of aromatic nitrogens is 3. The van der Waals surface area contributed by atoms with Gasteiger partial charge in [-0.1, -0.05) is 17.3 Å². The Kier molecular flexibility index (Phi) is 4.79. The van der Waals surface area contributed by atoms with Crippen LogP contribution in [0.3, 0.4) is 0 Å². The molecule has 0 radical (unpaired) electrons. The molecule has 27 heavy (non-hydrogen) atoms. The first-order valence-electron chi connectivity index (χ1n) is 8.87. The van der Waals surface area contributed by atoms with Crippen molar-refractivity contribution in [3.63, 3.8) is 0 Å². The van der Waals surface area contributed by atoms with E-state index in [1.165, 1.54) is 6.33 Å². The van der Waals surface area contributed by atoms with Gasteiger partial charge in [-0.15, -0.1) is 0 Å². The van der Waals surface area contributed by atoms with Crippen molar-refractivity contribution < 1.29 is 12.9 Å². The molecule has 8 nitrogen and oxygen atoms in total. The number of aryl methyl sites for hydroxylation is 1. The van der Waals surface area contributed by atoms with Crippen LogP contribution >= 0.6 is 0 Å². The normalized spacial score (nSPS) is 16.6. The number of nitrogens with one attached hydrogen (secondary N) is 1. The van der Waals surface area contributed by atoms with Crippen LogP contribution in [0.25, 0.3) is 11.0 Å². The second-order valence-electron chi connectivity index (χ2n) is 6.74. The van der Waals surface area contributed by atoms with E-state index in [0.717, 1.165) is 29.7 Å². The SMILES string of the molecule is Cc1cc(NC2CCN(S(=O)(=O)Cc3noc4ccccc34)CC2)ncn1. The van der Waals surface area contributed by atoms with Crippen LogP contribution in [0.4, 0.5) is 5.82 Å². The summed E-state index contributed by atoms with van der Waals surface area (Å²) in [5, 5.41) is 8.06. The topological polar surface area (TPSA) is 101 Å². The highest BCUT2D eigenvalue weighted by Crippen LogP contribution is 2.23. The zero-order chi connectivity index (χ0) is 18.9. The lowest BCUT2D eigenvalue weighted by Gasteiger charge is -2.31. The van der Waals surface area contributed by atoms with Crippen molar-refractivity contribution in [1.82, 2.24) is 19.4 Å². The van der Waals surface area contributed by atoms with Crippen molar-refractivity contribution in [2.75, 3.05) is 18.4 Å². The van der Waals surface area contributed by atoms with Crippen molar-refractivity contribution >= 4 is 26.8 Å². The molecule has 2 aromatic heterocycles. The largest absolute Gasteiger partial charge is 0.367 e. The van der Waals surface area contributed by atoms with Crippen molar-refractivity contribution in [1.29, 1.82) is 0 Å². The number of hydrogen-bond donors (Lipinski definition) is 1. The number of sulfonamides is 1. The van der Waals surface area contributed by atoms with Gasteiger partial charge < -0.3 is 9.84 Å². The molecule has 1 aliphatic rings. The summed E-state index contributed by atoms with van der Waals surface area (Å²) in [4.78, 5) is 8.29. The molecule has 0 amide bonds. The van der Waals surface area contributed by atoms with Gasteiger partial charge in [-0.05, 0) is 31.9 Å². The van der Waals surface area contributed by atoms with Crippen LogP contribution in [0.1, 0.15) is 24.2 Å². The molecule has 1 saturated heterocycles. The Hall–Kier alpha value is -2.52. The molecule has 1 fully saturated rings. The second kappa shape index (κ2) is 7.24. The van der Waals surface area contributed by atoms with E-state index >= 15 is 0 Å². The van der Waals surface area contributed by atoms with E-state index in [4.69, 9.17) is 4.52 Å². The zero-order valence-corrected chi connectivity index (χ0v) is 15.8. The quantitative estimate of drug-likeness (QED) is 0.717. The minimum atomic E-state index is -3.44. The lowest BCUT2D eigenvalue weighted by Crippen LogP contribution is -2.42. The van der Waals surface area contributed by atoms with E-state index in [9.17, 15) is 8.42 Å². The van der Waals surface area contributed by atoms with E-state index < -0.39 is 10.0 Å². The van der Waals surface area contributed by atoms with Gasteiger partial charge in [0.25, 0.3) is 0 Å². The number of piperidine rings is 1. The first kappa shape index (κ1) is 17.9. The van der Waals surface area contributed by atoms with Gasteiger partial charge in [0, 0.05) is 36.3 Å². The third-order valence-corrected chi connectivity index (χ3v) is 6.56. The number of para-hydroxylation sites is 1. The predicted molar refractivity (Wildman–Crippen MR) is 102 cm³/mol. The van der Waals surface area contributed by atoms with Crippen LogP contribution < -0.4 is 5.32 Å². The summed E-state index contributed by atoms with van der Waals surface area (Å²) in [5.74, 6) is 0.630. The molecule has 9 heteroatoms. The van der Waals surface area contributed by atoms with Gasteiger partial charge in [0.2, 0.25) is 10.0 Å². The molecule has 0 unspecified atom stereocenters. The molecule has 0 spiro atoms. The molecule has 1 aliphatic heterocycles. The van der Waals surface area contributed by atoms with Crippen molar-refractivity contribution in [3.8, 4) is 0 Å². The minimum Gasteiger partial charge on any atom is -0.367 e. The van der Waals surface area contributed by atoms with E-state index in [2.05, 4.69) is 20.4 Å². The molecule has 142 valence electrons. The summed E-state index contributed by atoms with van der Waals surface area (Å²) in [5.41, 5.74) is 1.96. The summed E-state index contributed by atoms with van der Waals surface area (Å²) in [6.07, 6.45) is 2.98. The Morgan fingerprint density at radius 2 is 2.00 bits per heavy atom. The predicted octanol–water partition coefficient (Wildman–Crippen LogP) is 2.33. The number of nitrogens with zero attached hydrogens (tertiary/aromatic N) is 4. The molecule has 4 rings (SSSR count). The summed E-state index contributed by atoms with van der Waals surface area (Å²) in [6, 6.07) is 9.38. The van der Waals surface area contributed by atoms with E-state index in [1.54, 1.807) is 10.4 Å². The maximum Gasteiger partial charge on any atom is 0.220 e. The molecule has 3 aromatic rings. The smallest absolute Gasteiger partial charge is 0.220 e. The Morgan fingerprint density at radius 3 is 2.78 bits per heavy atom. The van der Waals surface area contributed by atoms with Crippen LogP contribution in [0.2, 0.25) is 0 Å². The summed E-state index contributed by atoms with van der Waals surface area (Å²) >= 11 is 0. The standard InChI is InChI=1S/C18H21N5O3S/c1-13-10-18(20-12-19-13)21-14-6-8-23(9-7-14)27(24,25)11-16-15-4-2-3-5-17(15)26-22-16/h2-5,10,12,14H,6-9,11H2,1H3,(H,19,20,21). The highest BCUT2D eigenvalue weighted by atomic mass is 32.2. The third-order valence-electron chi connectivity index (χ3n) is 4.77. The summed E-state index contributed by atoms with van der Waals surface area (Å²) in [6.45, 7) is 2.86. The summed E-state index contributed by atoms with van der Waals surface area (Å²) in [7, 11) is -3.44. The number of rotatable bonds is 5. The van der Waals surface area contributed by atoms with Gasteiger partial charge in [-0.2, -0.15) is 0 Å². The highest BCUT2D eigenvalue weighted by molar-refractivity contribution is 7.88. The first-order valence-corrected chi connectivity index (χ1v) is 10.5. The fourth-order valence-electron chi connectivity index (χ4n) is 3.33. The van der Waals surface area contributed by atoms with Crippen LogP contribution in [0.5, 0.6) is 0 Å². The van der Waals surface area contributed by atoms with E-state index in [1.807, 2.05) is 31.2 Å². The molecule has 1 aromatic carbocycles. The second-order valence-corrected chi connectivity index (χ2v) is 8.71. The Labute approximate surface area is 157 Å². The number of benzene rings is 1. The van der Waals surface area contributed by atoms with Crippen LogP contribution in [0, 0.1) is 6.92 Å².